The standard InChI is InChI=1S/C26H27N3O5/c1-32-15-13-28(26(31)24-12-7-14-34-24)18-25(30)29-23(19-8-4-3-5-9-19)17-22(27-29)20-10-6-11-21(16-20)33-2/h3-12,14,16,23H,13,15,17-18H2,1-2H3/t23-/m0/s1. The first kappa shape index (κ1) is 23.3. The molecule has 0 bridgehead atoms. The van der Waals surface area contributed by atoms with Crippen molar-refractivity contribution in [3.05, 3.63) is 89.9 Å². The summed E-state index contributed by atoms with van der Waals surface area (Å²) in [6.45, 7) is 0.388. The monoisotopic (exact) mass is 461 g/mol. The van der Waals surface area contributed by atoms with Crippen LogP contribution in [0.5, 0.6) is 5.75 Å². The summed E-state index contributed by atoms with van der Waals surface area (Å²) in [7, 11) is 3.16. The summed E-state index contributed by atoms with van der Waals surface area (Å²) in [5.74, 6) is 0.229. The molecule has 0 radical (unpaired) electrons. The predicted molar refractivity (Wildman–Crippen MR) is 127 cm³/mol. The Balaban J connectivity index is 1.62. The number of hydrazone groups is 1. The van der Waals surface area contributed by atoms with Crippen molar-refractivity contribution in [3.8, 4) is 5.75 Å². The number of hydrogen-bond donors (Lipinski definition) is 0. The minimum Gasteiger partial charge on any atom is -0.497 e. The van der Waals surface area contributed by atoms with Crippen LogP contribution in [-0.4, -0.2) is 61.4 Å². The summed E-state index contributed by atoms with van der Waals surface area (Å²) in [5, 5.41) is 6.18. The Morgan fingerprint density at radius 1 is 1.09 bits per heavy atom. The average molecular weight is 462 g/mol. The number of carbonyl (C=O) groups is 2. The number of hydrogen-bond acceptors (Lipinski definition) is 6. The summed E-state index contributed by atoms with van der Waals surface area (Å²) < 4.78 is 15.8. The Morgan fingerprint density at radius 2 is 1.91 bits per heavy atom. The smallest absolute Gasteiger partial charge is 0.290 e. The van der Waals surface area contributed by atoms with E-state index in [4.69, 9.17) is 19.0 Å². The maximum absolute atomic E-state index is 13.5. The molecule has 0 saturated heterocycles. The van der Waals surface area contributed by atoms with Crippen LogP contribution in [0.3, 0.4) is 0 Å². The maximum atomic E-state index is 13.5. The van der Waals surface area contributed by atoms with Gasteiger partial charge < -0.3 is 18.8 Å². The average Bonchev–Trinajstić information content (AvgIpc) is 3.57. The molecule has 0 spiro atoms. The van der Waals surface area contributed by atoms with Crippen molar-refractivity contribution < 1.29 is 23.5 Å². The molecule has 8 nitrogen and oxygen atoms in total. The molecule has 4 rings (SSSR count). The van der Waals surface area contributed by atoms with Crippen LogP contribution < -0.4 is 4.74 Å². The molecule has 1 atom stereocenters. The van der Waals surface area contributed by atoms with Crippen molar-refractivity contribution in [3.63, 3.8) is 0 Å². The molecule has 2 amide bonds. The zero-order valence-electron chi connectivity index (χ0n) is 19.2. The fourth-order valence-corrected chi connectivity index (χ4v) is 3.90. The van der Waals surface area contributed by atoms with E-state index in [1.165, 1.54) is 16.2 Å². The number of benzene rings is 2. The summed E-state index contributed by atoms with van der Waals surface area (Å²) in [6, 6.07) is 20.3. The van der Waals surface area contributed by atoms with E-state index in [2.05, 4.69) is 0 Å². The molecule has 1 aromatic heterocycles. The van der Waals surface area contributed by atoms with Crippen molar-refractivity contribution >= 4 is 17.5 Å². The third-order valence-electron chi connectivity index (χ3n) is 5.66. The Bertz CT molecular complexity index is 1140. The van der Waals surface area contributed by atoms with E-state index in [1.54, 1.807) is 26.4 Å². The van der Waals surface area contributed by atoms with Crippen LogP contribution in [0.15, 0.2) is 82.5 Å². The van der Waals surface area contributed by atoms with Gasteiger partial charge in [0.25, 0.3) is 11.8 Å². The first-order valence-corrected chi connectivity index (χ1v) is 11.0. The van der Waals surface area contributed by atoms with Crippen molar-refractivity contribution in [1.29, 1.82) is 0 Å². The third kappa shape index (κ3) is 5.18. The SMILES string of the molecule is COCCN(CC(=O)N1N=C(c2cccc(OC)c2)C[C@H]1c1ccccc1)C(=O)c1ccco1. The van der Waals surface area contributed by atoms with Gasteiger partial charge in [-0.1, -0.05) is 42.5 Å². The third-order valence-corrected chi connectivity index (χ3v) is 5.66. The minimum atomic E-state index is -0.372. The highest BCUT2D eigenvalue weighted by molar-refractivity contribution is 6.04. The van der Waals surface area contributed by atoms with E-state index >= 15 is 0 Å². The molecular formula is C26H27N3O5. The van der Waals surface area contributed by atoms with Gasteiger partial charge in [0.1, 0.15) is 12.3 Å². The van der Waals surface area contributed by atoms with E-state index in [0.717, 1.165) is 22.6 Å². The van der Waals surface area contributed by atoms with E-state index in [1.807, 2.05) is 54.6 Å². The molecule has 2 aromatic carbocycles. The molecule has 0 saturated carbocycles. The first-order valence-electron chi connectivity index (χ1n) is 11.0. The Morgan fingerprint density at radius 3 is 2.62 bits per heavy atom. The zero-order chi connectivity index (χ0) is 23.9. The van der Waals surface area contributed by atoms with Gasteiger partial charge in [-0.2, -0.15) is 5.10 Å². The number of ether oxygens (including phenoxy) is 2. The lowest BCUT2D eigenvalue weighted by Gasteiger charge is -2.26. The van der Waals surface area contributed by atoms with Crippen LogP contribution in [0, 0.1) is 0 Å². The molecule has 176 valence electrons. The summed E-state index contributed by atoms with van der Waals surface area (Å²) in [4.78, 5) is 27.9. The van der Waals surface area contributed by atoms with Crippen molar-refractivity contribution in [2.24, 2.45) is 5.10 Å². The van der Waals surface area contributed by atoms with Gasteiger partial charge in [0.05, 0.1) is 31.7 Å². The van der Waals surface area contributed by atoms with Gasteiger partial charge in [0, 0.05) is 25.6 Å². The largest absolute Gasteiger partial charge is 0.497 e. The fraction of sp³-hybridized carbons (Fsp3) is 0.269. The van der Waals surface area contributed by atoms with Gasteiger partial charge in [0.15, 0.2) is 5.76 Å². The van der Waals surface area contributed by atoms with Crippen LogP contribution in [0.4, 0.5) is 0 Å². The van der Waals surface area contributed by atoms with Gasteiger partial charge in [-0.05, 0) is 29.8 Å². The molecule has 0 aliphatic carbocycles. The Labute approximate surface area is 198 Å². The molecule has 8 heteroatoms. The predicted octanol–water partition coefficient (Wildman–Crippen LogP) is 3.75. The van der Waals surface area contributed by atoms with Crippen molar-refractivity contribution in [2.45, 2.75) is 12.5 Å². The highest BCUT2D eigenvalue weighted by atomic mass is 16.5. The second-order valence-electron chi connectivity index (χ2n) is 7.84. The van der Waals surface area contributed by atoms with Crippen LogP contribution in [0.25, 0.3) is 0 Å². The number of carbonyl (C=O) groups excluding carboxylic acids is 2. The second kappa shape index (κ2) is 10.8. The number of methoxy groups -OCH3 is 2. The second-order valence-corrected chi connectivity index (χ2v) is 7.84. The number of nitrogens with zero attached hydrogens (tertiary/aromatic N) is 3. The highest BCUT2D eigenvalue weighted by Gasteiger charge is 2.34. The van der Waals surface area contributed by atoms with E-state index in [-0.39, 0.29) is 36.7 Å². The molecule has 1 aliphatic rings. The molecule has 3 aromatic rings. The van der Waals surface area contributed by atoms with Gasteiger partial charge in [-0.25, -0.2) is 5.01 Å². The minimum absolute atomic E-state index is 0.152. The zero-order valence-corrected chi connectivity index (χ0v) is 19.2. The molecule has 2 heterocycles. The number of rotatable bonds is 9. The maximum Gasteiger partial charge on any atom is 0.290 e. The lowest BCUT2D eigenvalue weighted by atomic mass is 9.98. The molecular weight excluding hydrogens is 434 g/mol. The van der Waals surface area contributed by atoms with Gasteiger partial charge in [-0.3, -0.25) is 9.59 Å². The van der Waals surface area contributed by atoms with E-state index in [9.17, 15) is 9.59 Å². The molecule has 34 heavy (non-hydrogen) atoms. The van der Waals surface area contributed by atoms with Crippen molar-refractivity contribution in [2.75, 3.05) is 33.9 Å². The van der Waals surface area contributed by atoms with Gasteiger partial charge in [-0.15, -0.1) is 0 Å². The quantitative estimate of drug-likeness (QED) is 0.485. The summed E-state index contributed by atoms with van der Waals surface area (Å²) in [5.41, 5.74) is 2.64. The molecule has 0 fully saturated rings. The Hall–Kier alpha value is -3.91. The number of amides is 2. The Kier molecular flexibility index (Phi) is 7.39. The van der Waals surface area contributed by atoms with E-state index < -0.39 is 0 Å². The van der Waals surface area contributed by atoms with Crippen molar-refractivity contribution in [1.82, 2.24) is 9.91 Å². The highest BCUT2D eigenvalue weighted by Crippen LogP contribution is 2.33. The fourth-order valence-electron chi connectivity index (χ4n) is 3.90. The topological polar surface area (TPSA) is 84.6 Å². The molecule has 1 aliphatic heterocycles. The molecule has 0 unspecified atom stereocenters. The lowest BCUT2D eigenvalue weighted by molar-refractivity contribution is -0.133. The molecule has 0 N–H and O–H groups in total. The van der Waals surface area contributed by atoms with E-state index in [0.29, 0.717) is 13.0 Å². The van der Waals surface area contributed by atoms with Gasteiger partial charge >= 0.3 is 0 Å². The van der Waals surface area contributed by atoms with Gasteiger partial charge in [0.2, 0.25) is 0 Å². The normalized spacial score (nSPS) is 15.2. The van der Waals surface area contributed by atoms with Crippen LogP contribution in [-0.2, 0) is 9.53 Å². The number of furan rings is 1. The van der Waals surface area contributed by atoms with Crippen LogP contribution in [0.2, 0.25) is 0 Å². The lowest BCUT2D eigenvalue weighted by Crippen LogP contribution is -2.42. The van der Waals surface area contributed by atoms with Crippen LogP contribution in [0.1, 0.15) is 34.1 Å². The summed E-state index contributed by atoms with van der Waals surface area (Å²) in [6.07, 6.45) is 1.98. The first-order chi connectivity index (χ1) is 16.6. The van der Waals surface area contributed by atoms with Crippen LogP contribution >= 0.6 is 0 Å². The summed E-state index contributed by atoms with van der Waals surface area (Å²) >= 11 is 0.